The first-order valence-electron chi connectivity index (χ1n) is 11.5. The van der Waals surface area contributed by atoms with Gasteiger partial charge < -0.3 is 15.4 Å². The van der Waals surface area contributed by atoms with Crippen LogP contribution in [0.4, 0.5) is 17.1 Å². The van der Waals surface area contributed by atoms with Crippen molar-refractivity contribution in [2.24, 2.45) is 15.7 Å². The highest BCUT2D eigenvalue weighted by atomic mass is 16.6. The maximum Gasteiger partial charge on any atom is 0.301 e. The molecule has 0 aliphatic carbocycles. The number of hydrogen-bond donors (Lipinski definition) is 2. The van der Waals surface area contributed by atoms with E-state index in [9.17, 15) is 30.3 Å². The highest BCUT2D eigenvalue weighted by molar-refractivity contribution is 5.99. The fourth-order valence-corrected chi connectivity index (χ4v) is 4.24. The lowest BCUT2D eigenvalue weighted by Gasteiger charge is -2.32. The maximum absolute atomic E-state index is 11.8. The number of ether oxygens (including phenoxy) is 1. The van der Waals surface area contributed by atoms with Crippen molar-refractivity contribution >= 4 is 29.0 Å². The van der Waals surface area contributed by atoms with E-state index in [1.807, 2.05) is 4.90 Å². The Hall–Kier alpha value is -5.45. The lowest BCUT2D eigenvalue weighted by Crippen LogP contribution is -2.52. The highest BCUT2D eigenvalue weighted by Crippen LogP contribution is 2.38. The number of nitro benzene ring substituents is 3. The van der Waals surface area contributed by atoms with Crippen molar-refractivity contribution in [3.05, 3.63) is 84.6 Å². The number of nitrogens with zero attached hydrogens (tertiary/aromatic N) is 8. The van der Waals surface area contributed by atoms with E-state index in [-0.39, 0.29) is 34.2 Å². The Morgan fingerprint density at radius 3 is 2.36 bits per heavy atom. The monoisotopic (exact) mass is 536 g/mol. The Labute approximate surface area is 218 Å². The van der Waals surface area contributed by atoms with Crippen LogP contribution in [0.15, 0.2) is 58.6 Å². The summed E-state index contributed by atoms with van der Waals surface area (Å²) < 4.78 is 6.51. The van der Waals surface area contributed by atoms with Gasteiger partial charge in [-0.3, -0.25) is 35.7 Å². The van der Waals surface area contributed by atoms with Gasteiger partial charge in [0.1, 0.15) is 11.4 Å². The van der Waals surface area contributed by atoms with Crippen molar-refractivity contribution in [2.45, 2.75) is 6.17 Å². The first-order chi connectivity index (χ1) is 18.7. The first kappa shape index (κ1) is 25.2. The van der Waals surface area contributed by atoms with E-state index >= 15 is 0 Å². The van der Waals surface area contributed by atoms with Gasteiger partial charge >= 0.3 is 5.69 Å². The van der Waals surface area contributed by atoms with E-state index < -0.39 is 32.3 Å². The molecule has 1 saturated heterocycles. The van der Waals surface area contributed by atoms with Crippen molar-refractivity contribution in [3.8, 4) is 16.9 Å². The van der Waals surface area contributed by atoms with Crippen molar-refractivity contribution < 1.29 is 19.5 Å². The summed E-state index contributed by atoms with van der Waals surface area (Å²) in [6.45, 7) is 2.03. The Bertz CT molecular complexity index is 1540. The number of para-hydroxylation sites is 1. The normalized spacial score (nSPS) is 17.1. The molecule has 3 heterocycles. The van der Waals surface area contributed by atoms with Crippen LogP contribution in [0.2, 0.25) is 0 Å². The van der Waals surface area contributed by atoms with E-state index in [4.69, 9.17) is 10.5 Å². The third kappa shape index (κ3) is 4.92. The van der Waals surface area contributed by atoms with Crippen LogP contribution in [0.3, 0.4) is 0 Å². The van der Waals surface area contributed by atoms with E-state index in [2.05, 4.69) is 20.4 Å². The lowest BCUT2D eigenvalue weighted by atomic mass is 10.0. The average Bonchev–Trinajstić information content (AvgIpc) is 3.38. The minimum Gasteiger partial charge on any atom is -0.378 e. The number of hydrogen-bond acceptors (Lipinski definition) is 13. The number of non-ortho nitro benzene ring substituents is 1. The van der Waals surface area contributed by atoms with Gasteiger partial charge in [-0.15, -0.1) is 0 Å². The number of rotatable bonds is 6. The fraction of sp³-hybridized carbons (Fsp3) is 0.227. The predicted molar refractivity (Wildman–Crippen MR) is 136 cm³/mol. The second-order valence-corrected chi connectivity index (χ2v) is 8.40. The molecule has 1 atom stereocenters. The molecule has 39 heavy (non-hydrogen) atoms. The van der Waals surface area contributed by atoms with Gasteiger partial charge in [0.2, 0.25) is 5.96 Å². The van der Waals surface area contributed by atoms with Crippen LogP contribution in [0.5, 0.6) is 0 Å². The molecule has 1 unspecified atom stereocenters. The van der Waals surface area contributed by atoms with Gasteiger partial charge in [0.15, 0.2) is 12.1 Å². The van der Waals surface area contributed by atoms with Crippen LogP contribution in [0, 0.1) is 30.3 Å². The summed E-state index contributed by atoms with van der Waals surface area (Å²) in [6, 6.07) is 8.96. The minimum atomic E-state index is -1.01. The number of nitro groups is 3. The summed E-state index contributed by atoms with van der Waals surface area (Å²) in [7, 11) is 0. The van der Waals surface area contributed by atoms with Gasteiger partial charge in [0, 0.05) is 37.0 Å². The molecule has 0 saturated carbocycles. The fourth-order valence-electron chi connectivity index (χ4n) is 4.24. The molecule has 1 aromatic heterocycles. The van der Waals surface area contributed by atoms with Crippen molar-refractivity contribution in [3.63, 3.8) is 0 Å². The summed E-state index contributed by atoms with van der Waals surface area (Å²) in [5, 5.41) is 42.2. The summed E-state index contributed by atoms with van der Waals surface area (Å²) in [6.07, 6.45) is 0.387. The van der Waals surface area contributed by atoms with Gasteiger partial charge in [-0.25, -0.2) is 14.7 Å². The molecule has 2 aliphatic rings. The number of aromatic nitrogens is 2. The topological polar surface area (TPSA) is 222 Å². The molecule has 3 N–H and O–H groups in total. The first-order valence-corrected chi connectivity index (χ1v) is 11.5. The van der Waals surface area contributed by atoms with Gasteiger partial charge in [-0.1, -0.05) is 12.1 Å². The zero-order valence-electron chi connectivity index (χ0n) is 20.0. The molecule has 2 aromatic carbocycles. The van der Waals surface area contributed by atoms with Gasteiger partial charge in [-0.2, -0.15) is 5.10 Å². The highest BCUT2D eigenvalue weighted by Gasteiger charge is 2.30. The molecule has 17 nitrogen and oxygen atoms in total. The van der Waals surface area contributed by atoms with Crippen LogP contribution >= 0.6 is 0 Å². The predicted octanol–water partition coefficient (Wildman–Crippen LogP) is 1.87. The van der Waals surface area contributed by atoms with Crippen LogP contribution < -0.4 is 11.1 Å². The number of aliphatic imine (C=N–C) groups is 2. The van der Waals surface area contributed by atoms with E-state index in [0.717, 1.165) is 16.8 Å². The lowest BCUT2D eigenvalue weighted by molar-refractivity contribution is -0.394. The third-order valence-corrected chi connectivity index (χ3v) is 6.05. The summed E-state index contributed by atoms with van der Waals surface area (Å²) in [5.41, 5.74) is 5.12. The standard InChI is InChI=1S/C22H20N10O7/c23-21-24-20(25-22(26-21)28-7-9-39-10-8-28)15-12-29(17-6-5-13(30(33)34)11-18(17)32(37)38)27-19(15)14-3-1-2-4-16(14)31(35)36/h1-6,11-12,20H,7-10H2,(H3,23,24,25,26). The SMILES string of the molecule is NC1=NC(c2cn(-c3ccc([N+](=O)[O-])cc3[N+](=O)[O-])nc2-c2ccccc2[N+](=O)[O-])N=C(N2CCOCC2)N1. The largest absolute Gasteiger partial charge is 0.378 e. The van der Waals surface area contributed by atoms with Crippen molar-refractivity contribution in [1.29, 1.82) is 0 Å². The van der Waals surface area contributed by atoms with Crippen LogP contribution in [0.25, 0.3) is 16.9 Å². The van der Waals surface area contributed by atoms with E-state index in [1.165, 1.54) is 30.5 Å². The molecular formula is C22H20N10O7. The Morgan fingerprint density at radius 2 is 1.67 bits per heavy atom. The van der Waals surface area contributed by atoms with Gasteiger partial charge in [0.05, 0.1) is 39.6 Å². The molecule has 17 heteroatoms. The summed E-state index contributed by atoms with van der Waals surface area (Å²) in [5.74, 6) is 0.456. The Morgan fingerprint density at radius 1 is 0.949 bits per heavy atom. The number of morpholine rings is 1. The molecule has 0 radical (unpaired) electrons. The third-order valence-electron chi connectivity index (χ3n) is 6.05. The number of guanidine groups is 2. The summed E-state index contributed by atoms with van der Waals surface area (Å²) in [4.78, 5) is 43.7. The molecule has 1 fully saturated rings. The second-order valence-electron chi connectivity index (χ2n) is 8.40. The molecule has 0 bridgehead atoms. The maximum atomic E-state index is 11.8. The zero-order chi connectivity index (χ0) is 27.7. The van der Waals surface area contributed by atoms with Crippen molar-refractivity contribution in [2.75, 3.05) is 26.3 Å². The van der Waals surface area contributed by atoms with Gasteiger partial charge in [0.25, 0.3) is 11.4 Å². The molecule has 0 spiro atoms. The number of nitrogens with two attached hydrogens (primary N) is 1. The number of nitrogens with one attached hydrogen (secondary N) is 1. The quantitative estimate of drug-likeness (QED) is 0.341. The van der Waals surface area contributed by atoms with E-state index in [0.29, 0.717) is 32.3 Å². The molecule has 5 rings (SSSR count). The zero-order valence-corrected chi connectivity index (χ0v) is 20.0. The van der Waals surface area contributed by atoms with Gasteiger partial charge in [-0.05, 0) is 12.1 Å². The van der Waals surface area contributed by atoms with Crippen LogP contribution in [-0.4, -0.2) is 67.7 Å². The second kappa shape index (κ2) is 10.1. The smallest absolute Gasteiger partial charge is 0.301 e. The van der Waals surface area contributed by atoms with Crippen molar-refractivity contribution in [1.82, 2.24) is 20.0 Å². The molecule has 200 valence electrons. The van der Waals surface area contributed by atoms with E-state index in [1.54, 1.807) is 6.07 Å². The Balaban J connectivity index is 1.70. The van der Waals surface area contributed by atoms with Crippen LogP contribution in [0.1, 0.15) is 11.7 Å². The Kier molecular flexibility index (Phi) is 6.55. The average molecular weight is 536 g/mol. The molecule has 3 aromatic rings. The summed E-state index contributed by atoms with van der Waals surface area (Å²) >= 11 is 0. The minimum absolute atomic E-state index is 0.0408. The molecular weight excluding hydrogens is 516 g/mol. The molecule has 2 aliphatic heterocycles. The number of benzene rings is 2. The van der Waals surface area contributed by atoms with Crippen LogP contribution in [-0.2, 0) is 4.74 Å². The molecule has 0 amide bonds.